The molecule has 5 heteroatoms. The summed E-state index contributed by atoms with van der Waals surface area (Å²) in [6, 6.07) is 22.4. The van der Waals surface area contributed by atoms with E-state index >= 15 is 0 Å². The van der Waals surface area contributed by atoms with Gasteiger partial charge in [-0.3, -0.25) is 0 Å². The van der Waals surface area contributed by atoms with Gasteiger partial charge in [-0.25, -0.2) is 0 Å². The second-order valence-corrected chi connectivity index (χ2v) is 6.02. The Hall–Kier alpha value is -3.02. The highest BCUT2D eigenvalue weighted by Crippen LogP contribution is 2.46. The largest absolute Gasteiger partial charge is 0.398 e. The van der Waals surface area contributed by atoms with E-state index in [1.165, 1.54) is 0 Å². The number of para-hydroxylation sites is 3. The van der Waals surface area contributed by atoms with Gasteiger partial charge in [0.1, 0.15) is 5.60 Å². The van der Waals surface area contributed by atoms with Crippen molar-refractivity contribution in [3.8, 4) is 0 Å². The summed E-state index contributed by atoms with van der Waals surface area (Å²) in [7, 11) is 0. The summed E-state index contributed by atoms with van der Waals surface area (Å²) < 4.78 is 6.29. The monoisotopic (exact) mass is 349 g/mol. The van der Waals surface area contributed by atoms with Crippen LogP contribution in [0.4, 0.5) is 17.1 Å². The van der Waals surface area contributed by atoms with Crippen molar-refractivity contribution in [1.82, 2.24) is 0 Å². The van der Waals surface area contributed by atoms with Gasteiger partial charge in [0, 0.05) is 33.8 Å². The van der Waals surface area contributed by atoms with E-state index in [-0.39, 0.29) is 13.2 Å². The molecule has 0 fully saturated rings. The fraction of sp³-hybridized carbons (Fsp3) is 0.143. The van der Waals surface area contributed by atoms with Crippen molar-refractivity contribution in [2.45, 2.75) is 5.60 Å². The van der Waals surface area contributed by atoms with Crippen molar-refractivity contribution in [2.24, 2.45) is 0 Å². The summed E-state index contributed by atoms with van der Waals surface area (Å²) >= 11 is 0. The highest BCUT2D eigenvalue weighted by molar-refractivity contribution is 5.68. The number of aliphatic hydroxyl groups is 1. The third kappa shape index (κ3) is 2.98. The van der Waals surface area contributed by atoms with E-state index in [1.54, 1.807) is 0 Å². The summed E-state index contributed by atoms with van der Waals surface area (Å²) in [4.78, 5) is 0. The number of benzene rings is 3. The Morgan fingerprint density at radius 2 is 1.00 bits per heavy atom. The lowest BCUT2D eigenvalue weighted by molar-refractivity contribution is -0.00508. The summed E-state index contributed by atoms with van der Waals surface area (Å²) in [5, 5.41) is 9.46. The minimum atomic E-state index is -1.13. The number of nitrogens with two attached hydrogens (primary N) is 3. The molecule has 0 aliphatic rings. The number of hydrogen-bond acceptors (Lipinski definition) is 5. The summed E-state index contributed by atoms with van der Waals surface area (Å²) in [6.45, 7) is -0.0506. The zero-order valence-corrected chi connectivity index (χ0v) is 14.4. The topological polar surface area (TPSA) is 108 Å². The lowest BCUT2D eigenvalue weighted by Gasteiger charge is -2.37. The molecule has 0 radical (unpaired) electrons. The molecule has 0 saturated heterocycles. The summed E-state index contributed by atoms with van der Waals surface area (Å²) in [5.74, 6) is 0. The van der Waals surface area contributed by atoms with Gasteiger partial charge in [-0.05, 0) is 18.2 Å². The quantitative estimate of drug-likeness (QED) is 0.404. The maximum atomic E-state index is 9.46. The Bertz CT molecular complexity index is 785. The predicted octanol–water partition coefficient (Wildman–Crippen LogP) is 2.73. The average molecular weight is 349 g/mol. The summed E-state index contributed by atoms with van der Waals surface area (Å²) in [6.07, 6.45) is 0. The van der Waals surface area contributed by atoms with E-state index in [9.17, 15) is 5.11 Å². The Balaban J connectivity index is 2.41. The molecule has 0 aromatic heterocycles. The van der Waals surface area contributed by atoms with Gasteiger partial charge in [-0.1, -0.05) is 54.6 Å². The molecule has 0 atom stereocenters. The van der Waals surface area contributed by atoms with Crippen LogP contribution in [0.2, 0.25) is 0 Å². The Labute approximate surface area is 153 Å². The Kier molecular flexibility index (Phi) is 5.11. The maximum absolute atomic E-state index is 9.46. The molecule has 0 amide bonds. The predicted molar refractivity (Wildman–Crippen MR) is 105 cm³/mol. The Morgan fingerprint density at radius 1 is 0.654 bits per heavy atom. The van der Waals surface area contributed by atoms with Crippen molar-refractivity contribution in [3.63, 3.8) is 0 Å². The van der Waals surface area contributed by atoms with E-state index < -0.39 is 5.60 Å². The van der Waals surface area contributed by atoms with Crippen LogP contribution in [0.3, 0.4) is 0 Å². The fourth-order valence-corrected chi connectivity index (χ4v) is 3.32. The Morgan fingerprint density at radius 3 is 1.31 bits per heavy atom. The molecule has 3 aromatic carbocycles. The van der Waals surface area contributed by atoms with Crippen molar-refractivity contribution in [3.05, 3.63) is 89.5 Å². The molecule has 0 aliphatic heterocycles. The third-order valence-electron chi connectivity index (χ3n) is 4.43. The molecule has 0 saturated carbocycles. The molecule has 3 rings (SSSR count). The molecular weight excluding hydrogens is 326 g/mol. The van der Waals surface area contributed by atoms with Crippen LogP contribution in [0.5, 0.6) is 0 Å². The lowest BCUT2D eigenvalue weighted by Crippen LogP contribution is -2.36. The SMILES string of the molecule is Nc1ccccc1C(OCCO)(c1ccccc1N)c1ccccc1N. The first-order valence-electron chi connectivity index (χ1n) is 8.41. The maximum Gasteiger partial charge on any atom is 0.149 e. The minimum absolute atomic E-state index is 0.0942. The van der Waals surface area contributed by atoms with Crippen LogP contribution in [0.25, 0.3) is 0 Å². The van der Waals surface area contributed by atoms with Crippen LogP contribution in [0.1, 0.15) is 16.7 Å². The van der Waals surface area contributed by atoms with Crippen molar-refractivity contribution < 1.29 is 9.84 Å². The van der Waals surface area contributed by atoms with Gasteiger partial charge in [0.15, 0.2) is 0 Å². The van der Waals surface area contributed by atoms with Crippen LogP contribution in [0, 0.1) is 0 Å². The molecule has 5 nitrogen and oxygen atoms in total. The molecule has 0 spiro atoms. The summed E-state index contributed by atoms with van der Waals surface area (Å²) in [5.41, 5.74) is 21.7. The molecular formula is C21H23N3O2. The average Bonchev–Trinajstić information content (AvgIpc) is 2.65. The number of aliphatic hydroxyl groups excluding tert-OH is 1. The van der Waals surface area contributed by atoms with Crippen LogP contribution >= 0.6 is 0 Å². The smallest absolute Gasteiger partial charge is 0.149 e. The molecule has 3 aromatic rings. The zero-order chi connectivity index (χ0) is 18.6. The molecule has 26 heavy (non-hydrogen) atoms. The van der Waals surface area contributed by atoms with Gasteiger partial charge in [0.2, 0.25) is 0 Å². The van der Waals surface area contributed by atoms with E-state index in [4.69, 9.17) is 21.9 Å². The molecule has 0 unspecified atom stereocenters. The van der Waals surface area contributed by atoms with Crippen LogP contribution in [-0.2, 0) is 10.3 Å². The first-order valence-corrected chi connectivity index (χ1v) is 8.41. The van der Waals surface area contributed by atoms with Gasteiger partial charge in [-0.2, -0.15) is 0 Å². The lowest BCUT2D eigenvalue weighted by atomic mass is 9.77. The molecule has 7 N–H and O–H groups in total. The number of anilines is 3. The first-order chi connectivity index (χ1) is 12.6. The van der Waals surface area contributed by atoms with E-state index in [1.807, 2.05) is 72.8 Å². The van der Waals surface area contributed by atoms with Gasteiger partial charge in [-0.15, -0.1) is 0 Å². The van der Waals surface area contributed by atoms with Crippen molar-refractivity contribution >= 4 is 17.1 Å². The number of nitrogen functional groups attached to an aromatic ring is 3. The normalized spacial score (nSPS) is 11.4. The van der Waals surface area contributed by atoms with E-state index in [2.05, 4.69) is 0 Å². The zero-order valence-electron chi connectivity index (χ0n) is 14.4. The molecule has 0 heterocycles. The van der Waals surface area contributed by atoms with Gasteiger partial charge < -0.3 is 27.0 Å². The standard InChI is InChI=1S/C21H23N3O2/c22-18-10-4-1-7-15(18)21(26-14-13-25,16-8-2-5-11-19(16)23)17-9-3-6-12-20(17)24/h1-12,25H,13-14,22-24H2. The minimum Gasteiger partial charge on any atom is -0.398 e. The van der Waals surface area contributed by atoms with Crippen LogP contribution < -0.4 is 17.2 Å². The van der Waals surface area contributed by atoms with Gasteiger partial charge in [0.25, 0.3) is 0 Å². The molecule has 0 aliphatic carbocycles. The third-order valence-corrected chi connectivity index (χ3v) is 4.43. The van der Waals surface area contributed by atoms with Gasteiger partial charge in [0.05, 0.1) is 13.2 Å². The van der Waals surface area contributed by atoms with E-state index in [0.717, 1.165) is 16.7 Å². The van der Waals surface area contributed by atoms with Crippen molar-refractivity contribution in [1.29, 1.82) is 0 Å². The van der Waals surface area contributed by atoms with Crippen LogP contribution in [0.15, 0.2) is 72.8 Å². The van der Waals surface area contributed by atoms with Crippen LogP contribution in [-0.4, -0.2) is 18.3 Å². The van der Waals surface area contributed by atoms with Gasteiger partial charge >= 0.3 is 0 Å². The van der Waals surface area contributed by atoms with Crippen molar-refractivity contribution in [2.75, 3.05) is 30.4 Å². The highest BCUT2D eigenvalue weighted by Gasteiger charge is 2.41. The number of ether oxygens (including phenoxy) is 1. The first kappa shape index (κ1) is 17.8. The second-order valence-electron chi connectivity index (χ2n) is 6.02. The highest BCUT2D eigenvalue weighted by atomic mass is 16.5. The number of hydrogen-bond donors (Lipinski definition) is 4. The number of rotatable bonds is 6. The van der Waals surface area contributed by atoms with E-state index in [0.29, 0.717) is 17.1 Å². The fourth-order valence-electron chi connectivity index (χ4n) is 3.32. The molecule has 134 valence electrons. The second kappa shape index (κ2) is 7.47. The molecule has 0 bridgehead atoms.